The smallest absolute Gasteiger partial charge is 0.326 e. The molecule has 0 aliphatic carbocycles. The van der Waals surface area contributed by atoms with Crippen LogP contribution in [0.2, 0.25) is 0 Å². The van der Waals surface area contributed by atoms with E-state index in [1.807, 2.05) is 48.7 Å². The van der Waals surface area contributed by atoms with Crippen LogP contribution in [0.5, 0.6) is 0 Å². The van der Waals surface area contributed by atoms with Crippen molar-refractivity contribution in [3.05, 3.63) is 47.3 Å². The van der Waals surface area contributed by atoms with Gasteiger partial charge in [0.25, 0.3) is 5.91 Å². The van der Waals surface area contributed by atoms with Gasteiger partial charge in [0.1, 0.15) is 6.04 Å². The average molecular weight is 399 g/mol. The van der Waals surface area contributed by atoms with E-state index in [1.165, 1.54) is 0 Å². The Kier molecular flexibility index (Phi) is 8.06. The van der Waals surface area contributed by atoms with Gasteiger partial charge in [0.15, 0.2) is 0 Å². The van der Waals surface area contributed by atoms with E-state index in [4.69, 9.17) is 0 Å². The highest BCUT2D eigenvalue weighted by atomic mass is 16.4. The van der Waals surface area contributed by atoms with Gasteiger partial charge in [0, 0.05) is 23.5 Å². The molecule has 0 radical (unpaired) electrons. The molecule has 1 aromatic heterocycles. The minimum absolute atomic E-state index is 0.144. The number of amides is 1. The maximum absolute atomic E-state index is 13.1. The van der Waals surface area contributed by atoms with Crippen molar-refractivity contribution in [2.24, 2.45) is 5.92 Å². The van der Waals surface area contributed by atoms with Crippen LogP contribution in [-0.2, 0) is 4.79 Å². The summed E-state index contributed by atoms with van der Waals surface area (Å²) in [4.78, 5) is 25.2. The number of rotatable bonds is 10. The van der Waals surface area contributed by atoms with Crippen molar-refractivity contribution in [2.45, 2.75) is 66.3 Å². The van der Waals surface area contributed by atoms with Crippen LogP contribution in [0.3, 0.4) is 0 Å². The highest BCUT2D eigenvalue weighted by molar-refractivity contribution is 6.03. The highest BCUT2D eigenvalue weighted by Gasteiger charge is 2.30. The fourth-order valence-electron chi connectivity index (χ4n) is 3.89. The number of carbonyl (C=O) groups is 2. The van der Waals surface area contributed by atoms with E-state index in [0.717, 1.165) is 36.1 Å². The second kappa shape index (κ2) is 10.3. The Balaban J connectivity index is 2.61. The minimum Gasteiger partial charge on any atom is -0.480 e. The second-order valence-corrected chi connectivity index (χ2v) is 8.11. The molecule has 0 spiro atoms. The normalized spacial score (nSPS) is 12.2. The molecule has 5 heteroatoms. The van der Waals surface area contributed by atoms with Gasteiger partial charge in [-0.3, -0.25) is 4.79 Å². The van der Waals surface area contributed by atoms with Gasteiger partial charge in [-0.15, -0.1) is 0 Å². The summed E-state index contributed by atoms with van der Waals surface area (Å²) in [6, 6.07) is 9.08. The molecule has 1 heterocycles. The summed E-state index contributed by atoms with van der Waals surface area (Å²) in [6.07, 6.45) is 3.44. The number of aliphatic carboxylic acids is 1. The van der Waals surface area contributed by atoms with Gasteiger partial charge in [0.05, 0.1) is 5.56 Å². The molecule has 1 amide bonds. The van der Waals surface area contributed by atoms with Crippen molar-refractivity contribution >= 4 is 11.9 Å². The molecule has 29 heavy (non-hydrogen) atoms. The predicted octanol–water partition coefficient (Wildman–Crippen LogP) is 5.36. The Morgan fingerprint density at radius 3 is 2.28 bits per heavy atom. The van der Waals surface area contributed by atoms with E-state index >= 15 is 0 Å². The van der Waals surface area contributed by atoms with Crippen LogP contribution in [0.4, 0.5) is 0 Å². The van der Waals surface area contributed by atoms with Gasteiger partial charge in [-0.1, -0.05) is 70.4 Å². The molecule has 0 bridgehead atoms. The zero-order valence-electron chi connectivity index (χ0n) is 18.3. The minimum atomic E-state index is -0.851. The molecule has 0 aliphatic rings. The van der Waals surface area contributed by atoms with Crippen LogP contribution in [0.25, 0.3) is 11.1 Å². The highest BCUT2D eigenvalue weighted by Crippen LogP contribution is 2.35. The van der Waals surface area contributed by atoms with Gasteiger partial charge in [-0.25, -0.2) is 4.79 Å². The first-order valence-electron chi connectivity index (χ1n) is 10.6. The van der Waals surface area contributed by atoms with Crippen LogP contribution in [-0.4, -0.2) is 28.1 Å². The molecule has 1 atom stereocenters. The third-order valence-corrected chi connectivity index (χ3v) is 5.33. The molecule has 158 valence electrons. The molecule has 0 saturated heterocycles. The second-order valence-electron chi connectivity index (χ2n) is 8.11. The summed E-state index contributed by atoms with van der Waals surface area (Å²) in [5.41, 5.74) is 3.88. The zero-order chi connectivity index (χ0) is 21.6. The lowest BCUT2D eigenvalue weighted by atomic mass is 10.00. The van der Waals surface area contributed by atoms with Crippen LogP contribution in [0.15, 0.2) is 30.3 Å². The van der Waals surface area contributed by atoms with Crippen LogP contribution >= 0.6 is 0 Å². The molecule has 5 nitrogen and oxygen atoms in total. The number of hydrogen-bond acceptors (Lipinski definition) is 2. The summed E-state index contributed by atoms with van der Waals surface area (Å²) < 4.78 is 1.85. The molecule has 2 aromatic rings. The van der Waals surface area contributed by atoms with Crippen molar-refractivity contribution in [2.75, 3.05) is 6.54 Å². The Hall–Kier alpha value is -2.56. The number of nitrogens with one attached hydrogen (secondary N) is 1. The van der Waals surface area contributed by atoms with Crippen molar-refractivity contribution in [3.63, 3.8) is 0 Å². The quantitative estimate of drug-likeness (QED) is 0.529. The third kappa shape index (κ3) is 5.28. The number of nitrogens with zero attached hydrogens (tertiary/aromatic N) is 1. The van der Waals surface area contributed by atoms with Crippen molar-refractivity contribution in [1.82, 2.24) is 9.88 Å². The summed E-state index contributed by atoms with van der Waals surface area (Å²) in [6.45, 7) is 10.6. The topological polar surface area (TPSA) is 71.3 Å². The van der Waals surface area contributed by atoms with Crippen LogP contribution in [0, 0.1) is 19.8 Å². The average Bonchev–Trinajstić information content (AvgIpc) is 2.94. The van der Waals surface area contributed by atoms with Gasteiger partial charge < -0.3 is 15.0 Å². The third-order valence-electron chi connectivity index (χ3n) is 5.33. The number of carboxylic acid groups (broad SMARTS) is 1. The van der Waals surface area contributed by atoms with Gasteiger partial charge in [0.2, 0.25) is 0 Å². The number of hydrogen-bond donors (Lipinski definition) is 2. The molecule has 1 unspecified atom stereocenters. The Bertz CT molecular complexity index is 838. The molecule has 1 aromatic carbocycles. The lowest BCUT2D eigenvalue weighted by Gasteiger charge is -2.19. The van der Waals surface area contributed by atoms with Crippen molar-refractivity contribution in [3.8, 4) is 11.1 Å². The molecular weight excluding hydrogens is 364 g/mol. The van der Waals surface area contributed by atoms with E-state index in [2.05, 4.69) is 26.1 Å². The fraction of sp³-hybridized carbons (Fsp3) is 0.500. The van der Waals surface area contributed by atoms with E-state index in [1.54, 1.807) is 0 Å². The summed E-state index contributed by atoms with van der Waals surface area (Å²) in [5, 5.41) is 12.9. The monoisotopic (exact) mass is 398 g/mol. The Labute approximate surface area is 174 Å². The fourth-order valence-corrected chi connectivity index (χ4v) is 3.89. The number of aromatic nitrogens is 1. The van der Waals surface area contributed by atoms with E-state index in [0.29, 0.717) is 30.1 Å². The lowest BCUT2D eigenvalue weighted by molar-refractivity contribution is -0.141. The number of unbranched alkanes of at least 4 members (excludes halogenated alkanes) is 2. The Morgan fingerprint density at radius 2 is 1.72 bits per heavy atom. The Morgan fingerprint density at radius 1 is 1.07 bits per heavy atom. The molecule has 0 saturated carbocycles. The number of carboxylic acids is 1. The number of carbonyl (C=O) groups excluding carboxylic acids is 1. The first kappa shape index (κ1) is 22.7. The van der Waals surface area contributed by atoms with E-state index in [-0.39, 0.29) is 5.91 Å². The maximum Gasteiger partial charge on any atom is 0.326 e. The maximum atomic E-state index is 13.1. The molecule has 2 N–H and O–H groups in total. The van der Waals surface area contributed by atoms with E-state index < -0.39 is 12.0 Å². The zero-order valence-corrected chi connectivity index (χ0v) is 18.3. The van der Waals surface area contributed by atoms with Gasteiger partial charge >= 0.3 is 5.97 Å². The van der Waals surface area contributed by atoms with Crippen LogP contribution < -0.4 is 5.32 Å². The summed E-state index contributed by atoms with van der Waals surface area (Å²) >= 11 is 0. The van der Waals surface area contributed by atoms with E-state index in [9.17, 15) is 14.7 Å². The first-order valence-corrected chi connectivity index (χ1v) is 10.6. The van der Waals surface area contributed by atoms with Gasteiger partial charge in [-0.05, 0) is 31.7 Å². The SMILES string of the molecule is CCCCCC(C(=O)O)n1c(C)c(C(=O)NCC(C)C)c(-c2ccccc2)c1C. The largest absolute Gasteiger partial charge is 0.480 e. The van der Waals surface area contributed by atoms with Gasteiger partial charge in [-0.2, -0.15) is 0 Å². The summed E-state index contributed by atoms with van der Waals surface area (Å²) in [7, 11) is 0. The van der Waals surface area contributed by atoms with Crippen molar-refractivity contribution in [1.29, 1.82) is 0 Å². The summed E-state index contributed by atoms with van der Waals surface area (Å²) in [5.74, 6) is -0.658. The number of benzene rings is 1. The molecular formula is C24H34N2O3. The first-order chi connectivity index (χ1) is 13.8. The standard InChI is InChI=1S/C24H34N2O3/c1-6-7-9-14-20(24(28)29)26-17(4)21(19-12-10-8-11-13-19)22(18(26)5)23(27)25-15-16(2)3/h8,10-13,16,20H,6-7,9,14-15H2,1-5H3,(H,25,27)(H,28,29). The molecule has 0 aliphatic heterocycles. The van der Waals surface area contributed by atoms with Crippen molar-refractivity contribution < 1.29 is 14.7 Å². The van der Waals surface area contributed by atoms with Crippen LogP contribution in [0.1, 0.15) is 74.2 Å². The molecule has 2 rings (SSSR count). The molecule has 0 fully saturated rings. The predicted molar refractivity (Wildman–Crippen MR) is 117 cm³/mol. The lowest BCUT2D eigenvalue weighted by Crippen LogP contribution is -2.28.